The van der Waals surface area contributed by atoms with Crippen molar-refractivity contribution in [2.24, 2.45) is 0 Å². The van der Waals surface area contributed by atoms with Crippen molar-refractivity contribution in [3.63, 3.8) is 0 Å². The Morgan fingerprint density at radius 1 is 1.10 bits per heavy atom. The Labute approximate surface area is 173 Å². The van der Waals surface area contributed by atoms with E-state index in [0.29, 0.717) is 17.0 Å². The van der Waals surface area contributed by atoms with Crippen LogP contribution in [0.5, 0.6) is 0 Å². The molecule has 0 aliphatic heterocycles. The van der Waals surface area contributed by atoms with Crippen molar-refractivity contribution in [2.75, 3.05) is 11.9 Å². The molecule has 150 valence electrons. The Morgan fingerprint density at radius 2 is 1.90 bits per heavy atom. The number of amides is 1. The predicted octanol–water partition coefficient (Wildman–Crippen LogP) is 4.69. The number of ether oxygens (including phenoxy) is 1. The molecule has 3 aromatic rings. The van der Waals surface area contributed by atoms with Gasteiger partial charge in [0.25, 0.3) is 5.91 Å². The number of hydrogen-bond acceptors (Lipinski definition) is 6. The second-order valence-corrected chi connectivity index (χ2v) is 7.67. The van der Waals surface area contributed by atoms with E-state index in [1.165, 1.54) is 11.8 Å². The fourth-order valence-electron chi connectivity index (χ4n) is 2.75. The number of carbonyl (C=O) groups excluding carboxylic acids is 2. The van der Waals surface area contributed by atoms with Crippen LogP contribution in [0.3, 0.4) is 0 Å². The summed E-state index contributed by atoms with van der Waals surface area (Å²) in [6.45, 7) is 5.38. The van der Waals surface area contributed by atoms with E-state index in [-0.39, 0.29) is 12.5 Å². The van der Waals surface area contributed by atoms with E-state index in [1.807, 2.05) is 57.2 Å². The van der Waals surface area contributed by atoms with Crippen LogP contribution in [0.25, 0.3) is 0 Å². The van der Waals surface area contributed by atoms with Gasteiger partial charge in [-0.05, 0) is 44.5 Å². The van der Waals surface area contributed by atoms with Gasteiger partial charge in [-0.25, -0.2) is 4.79 Å². The number of esters is 1. The minimum atomic E-state index is -0.541. The Bertz CT molecular complexity index is 1030. The standard InChI is InChI=1S/C22H22N2O4S/c1-14-8-9-19(15(2)10-14)23-21(25)12-27-22(26)18-6-4-5-7-20(18)29-13-17-11-16(3)28-24-17/h4-11H,12-13H2,1-3H3,(H,23,25). The normalized spacial score (nSPS) is 10.6. The van der Waals surface area contributed by atoms with Crippen molar-refractivity contribution >= 4 is 29.3 Å². The molecule has 0 aliphatic rings. The molecule has 0 saturated heterocycles. The molecule has 0 atom stereocenters. The predicted molar refractivity (Wildman–Crippen MR) is 112 cm³/mol. The lowest BCUT2D eigenvalue weighted by Crippen LogP contribution is -2.21. The number of thioether (sulfide) groups is 1. The van der Waals surface area contributed by atoms with Gasteiger partial charge in [0, 0.05) is 22.4 Å². The van der Waals surface area contributed by atoms with Gasteiger partial charge >= 0.3 is 5.97 Å². The first-order valence-electron chi connectivity index (χ1n) is 9.10. The Hall–Kier alpha value is -3.06. The minimum absolute atomic E-state index is 0.354. The van der Waals surface area contributed by atoms with Crippen LogP contribution < -0.4 is 5.32 Å². The zero-order valence-corrected chi connectivity index (χ0v) is 17.3. The number of rotatable bonds is 7. The van der Waals surface area contributed by atoms with Crippen LogP contribution in [0, 0.1) is 20.8 Å². The van der Waals surface area contributed by atoms with Gasteiger partial charge in [-0.15, -0.1) is 11.8 Å². The van der Waals surface area contributed by atoms with Gasteiger partial charge in [-0.2, -0.15) is 0 Å². The fraction of sp³-hybridized carbons (Fsp3) is 0.227. The molecule has 2 aromatic carbocycles. The first kappa shape index (κ1) is 20.7. The molecular formula is C22H22N2O4S. The summed E-state index contributed by atoms with van der Waals surface area (Å²) in [6.07, 6.45) is 0. The monoisotopic (exact) mass is 410 g/mol. The number of aryl methyl sites for hydroxylation is 3. The van der Waals surface area contributed by atoms with Crippen molar-refractivity contribution in [2.45, 2.75) is 31.4 Å². The average Bonchev–Trinajstić information content (AvgIpc) is 3.12. The van der Waals surface area contributed by atoms with Crippen LogP contribution in [0.15, 0.2) is 57.9 Å². The highest BCUT2D eigenvalue weighted by Gasteiger charge is 2.15. The highest BCUT2D eigenvalue weighted by atomic mass is 32.2. The fourth-order valence-corrected chi connectivity index (χ4v) is 3.67. The molecule has 0 bridgehead atoms. The quantitative estimate of drug-likeness (QED) is 0.450. The van der Waals surface area contributed by atoms with Gasteiger partial charge in [0.1, 0.15) is 5.76 Å². The summed E-state index contributed by atoms with van der Waals surface area (Å²) in [5.74, 6) is 0.381. The number of anilines is 1. The van der Waals surface area contributed by atoms with E-state index in [0.717, 1.165) is 27.5 Å². The van der Waals surface area contributed by atoms with Crippen LogP contribution >= 0.6 is 11.8 Å². The molecule has 1 aromatic heterocycles. The number of aromatic nitrogens is 1. The summed E-state index contributed by atoms with van der Waals surface area (Å²) >= 11 is 1.46. The summed E-state index contributed by atoms with van der Waals surface area (Å²) in [7, 11) is 0. The maximum absolute atomic E-state index is 12.5. The van der Waals surface area contributed by atoms with Crippen LogP contribution in [0.1, 0.15) is 32.9 Å². The van der Waals surface area contributed by atoms with Gasteiger partial charge in [0.05, 0.1) is 11.3 Å². The summed E-state index contributed by atoms with van der Waals surface area (Å²) < 4.78 is 10.3. The van der Waals surface area contributed by atoms with Crippen LogP contribution in [-0.4, -0.2) is 23.6 Å². The second kappa shape index (κ2) is 9.43. The molecule has 0 radical (unpaired) electrons. The lowest BCUT2D eigenvalue weighted by Gasteiger charge is -2.11. The molecular weight excluding hydrogens is 388 g/mol. The van der Waals surface area contributed by atoms with Gasteiger partial charge < -0.3 is 14.6 Å². The van der Waals surface area contributed by atoms with E-state index in [1.54, 1.807) is 12.1 Å². The first-order chi connectivity index (χ1) is 13.9. The smallest absolute Gasteiger partial charge is 0.339 e. The van der Waals surface area contributed by atoms with Gasteiger partial charge in [-0.3, -0.25) is 4.79 Å². The Morgan fingerprint density at radius 3 is 2.62 bits per heavy atom. The molecule has 0 aliphatic carbocycles. The molecule has 1 amide bonds. The first-order valence-corrected chi connectivity index (χ1v) is 10.1. The van der Waals surface area contributed by atoms with Gasteiger partial charge in [-0.1, -0.05) is 35.0 Å². The number of benzene rings is 2. The number of nitrogens with one attached hydrogen (secondary N) is 1. The SMILES string of the molecule is Cc1ccc(NC(=O)COC(=O)c2ccccc2SCc2cc(C)on2)c(C)c1. The molecule has 0 spiro atoms. The third-order valence-corrected chi connectivity index (χ3v) is 5.26. The maximum Gasteiger partial charge on any atom is 0.339 e. The summed E-state index contributed by atoms with van der Waals surface area (Å²) in [6, 6.07) is 14.7. The van der Waals surface area contributed by atoms with Crippen molar-refractivity contribution in [1.29, 1.82) is 0 Å². The zero-order valence-electron chi connectivity index (χ0n) is 16.5. The highest BCUT2D eigenvalue weighted by molar-refractivity contribution is 7.98. The van der Waals surface area contributed by atoms with Gasteiger partial charge in [0.2, 0.25) is 0 Å². The molecule has 0 unspecified atom stereocenters. The Balaban J connectivity index is 1.58. The average molecular weight is 410 g/mol. The summed E-state index contributed by atoms with van der Waals surface area (Å²) in [4.78, 5) is 25.4. The van der Waals surface area contributed by atoms with E-state index in [4.69, 9.17) is 9.26 Å². The zero-order chi connectivity index (χ0) is 20.8. The third kappa shape index (κ3) is 5.71. The lowest BCUT2D eigenvalue weighted by molar-refractivity contribution is -0.119. The summed E-state index contributed by atoms with van der Waals surface area (Å²) in [5.41, 5.74) is 3.98. The molecule has 0 saturated carbocycles. The number of hydrogen-bond donors (Lipinski definition) is 1. The van der Waals surface area contributed by atoms with E-state index in [2.05, 4.69) is 10.5 Å². The molecule has 29 heavy (non-hydrogen) atoms. The largest absolute Gasteiger partial charge is 0.452 e. The topological polar surface area (TPSA) is 81.4 Å². The van der Waals surface area contributed by atoms with Crippen molar-refractivity contribution in [1.82, 2.24) is 5.16 Å². The lowest BCUT2D eigenvalue weighted by atomic mass is 10.1. The van der Waals surface area contributed by atoms with Crippen LogP contribution in [0.4, 0.5) is 5.69 Å². The van der Waals surface area contributed by atoms with Crippen molar-refractivity contribution in [3.8, 4) is 0 Å². The minimum Gasteiger partial charge on any atom is -0.452 e. The van der Waals surface area contributed by atoms with E-state index < -0.39 is 5.97 Å². The van der Waals surface area contributed by atoms with E-state index >= 15 is 0 Å². The molecule has 3 rings (SSSR count). The van der Waals surface area contributed by atoms with Crippen LogP contribution in [-0.2, 0) is 15.3 Å². The molecule has 7 heteroatoms. The van der Waals surface area contributed by atoms with Crippen molar-refractivity contribution in [3.05, 3.63) is 76.7 Å². The summed E-state index contributed by atoms with van der Waals surface area (Å²) in [5, 5.41) is 6.72. The maximum atomic E-state index is 12.5. The molecule has 6 nitrogen and oxygen atoms in total. The number of nitrogens with zero attached hydrogens (tertiary/aromatic N) is 1. The van der Waals surface area contributed by atoms with Crippen molar-refractivity contribution < 1.29 is 18.8 Å². The molecule has 1 N–H and O–H groups in total. The third-order valence-electron chi connectivity index (χ3n) is 4.15. The molecule has 1 heterocycles. The van der Waals surface area contributed by atoms with Gasteiger partial charge in [0.15, 0.2) is 6.61 Å². The highest BCUT2D eigenvalue weighted by Crippen LogP contribution is 2.26. The second-order valence-electron chi connectivity index (χ2n) is 6.66. The number of carbonyl (C=O) groups is 2. The molecule has 0 fully saturated rings. The van der Waals surface area contributed by atoms with E-state index in [9.17, 15) is 9.59 Å². The Kier molecular flexibility index (Phi) is 6.72. The van der Waals surface area contributed by atoms with Crippen LogP contribution in [0.2, 0.25) is 0 Å².